The van der Waals surface area contributed by atoms with Crippen LogP contribution >= 0.6 is 11.6 Å². The smallest absolute Gasteiger partial charge is 0.133 e. The molecule has 0 amide bonds. The van der Waals surface area contributed by atoms with Crippen molar-refractivity contribution in [2.45, 2.75) is 6.42 Å². The number of halogens is 1. The van der Waals surface area contributed by atoms with E-state index in [9.17, 15) is 0 Å². The largest absolute Gasteiger partial charge is 0.378 e. The molecular weight excluding hydrogens is 320 g/mol. The molecule has 0 bridgehead atoms. The molecule has 2 aromatic carbocycles. The zero-order valence-corrected chi connectivity index (χ0v) is 14.5. The minimum atomic E-state index is 0.714. The van der Waals surface area contributed by atoms with E-state index >= 15 is 0 Å². The van der Waals surface area contributed by atoms with Gasteiger partial charge in [-0.1, -0.05) is 29.8 Å². The highest BCUT2D eigenvalue weighted by Gasteiger charge is 2.24. The number of hydrogen-bond acceptors (Lipinski definition) is 3. The van der Waals surface area contributed by atoms with Crippen molar-refractivity contribution < 1.29 is 0 Å². The van der Waals surface area contributed by atoms with Crippen LogP contribution in [0.1, 0.15) is 5.56 Å². The standard InChI is InChI=1S/C19H19ClN4/c1-23(2)15-7-3-5-13(11-15)18-17-9-10-21-19(17)24(22-18)16-8-4-6-14(20)12-16/h3-8,11-12,21H,9-10H2,1-2H3. The van der Waals surface area contributed by atoms with Crippen LogP contribution in [0.15, 0.2) is 48.5 Å². The molecule has 0 atom stereocenters. The monoisotopic (exact) mass is 338 g/mol. The number of hydrogen-bond donors (Lipinski definition) is 1. The van der Waals surface area contributed by atoms with Crippen LogP contribution < -0.4 is 10.2 Å². The Bertz CT molecular complexity index is 898. The van der Waals surface area contributed by atoms with Gasteiger partial charge in [-0.3, -0.25) is 0 Å². The van der Waals surface area contributed by atoms with Crippen LogP contribution in [0.3, 0.4) is 0 Å². The molecule has 3 aromatic rings. The first-order chi connectivity index (χ1) is 11.6. The van der Waals surface area contributed by atoms with Gasteiger partial charge in [-0.2, -0.15) is 5.10 Å². The zero-order chi connectivity index (χ0) is 16.7. The Kier molecular flexibility index (Phi) is 3.69. The van der Waals surface area contributed by atoms with Gasteiger partial charge in [0.1, 0.15) is 5.82 Å². The van der Waals surface area contributed by atoms with Gasteiger partial charge in [0.2, 0.25) is 0 Å². The summed E-state index contributed by atoms with van der Waals surface area (Å²) < 4.78 is 1.96. The molecule has 5 heteroatoms. The van der Waals surface area contributed by atoms with Crippen molar-refractivity contribution in [2.24, 2.45) is 0 Å². The normalized spacial score (nSPS) is 12.8. The minimum Gasteiger partial charge on any atom is -0.378 e. The van der Waals surface area contributed by atoms with Crippen LogP contribution in [0, 0.1) is 0 Å². The molecule has 0 radical (unpaired) electrons. The van der Waals surface area contributed by atoms with E-state index in [-0.39, 0.29) is 0 Å². The molecule has 24 heavy (non-hydrogen) atoms. The van der Waals surface area contributed by atoms with Crippen LogP contribution in [0.4, 0.5) is 11.5 Å². The summed E-state index contributed by atoms with van der Waals surface area (Å²) in [7, 11) is 4.10. The summed E-state index contributed by atoms with van der Waals surface area (Å²) in [5.41, 5.74) is 5.60. The maximum Gasteiger partial charge on any atom is 0.133 e. The number of aromatic nitrogens is 2. The topological polar surface area (TPSA) is 33.1 Å². The fraction of sp³-hybridized carbons (Fsp3) is 0.211. The van der Waals surface area contributed by atoms with Gasteiger partial charge in [0.25, 0.3) is 0 Å². The number of fused-ring (bicyclic) bond motifs is 1. The van der Waals surface area contributed by atoms with Crippen molar-refractivity contribution in [2.75, 3.05) is 30.9 Å². The van der Waals surface area contributed by atoms with Gasteiger partial charge < -0.3 is 10.2 Å². The SMILES string of the molecule is CN(C)c1cccc(-c2nn(-c3cccc(Cl)c3)c3c2CCN3)c1. The number of nitrogens with zero attached hydrogens (tertiary/aromatic N) is 3. The Morgan fingerprint density at radius 2 is 1.96 bits per heavy atom. The van der Waals surface area contributed by atoms with Crippen LogP contribution in [-0.4, -0.2) is 30.4 Å². The van der Waals surface area contributed by atoms with E-state index in [2.05, 4.69) is 48.6 Å². The fourth-order valence-electron chi connectivity index (χ4n) is 3.13. The summed E-state index contributed by atoms with van der Waals surface area (Å²) in [6.45, 7) is 0.939. The summed E-state index contributed by atoms with van der Waals surface area (Å²) in [4.78, 5) is 2.11. The van der Waals surface area contributed by atoms with Gasteiger partial charge in [-0.25, -0.2) is 4.68 Å². The van der Waals surface area contributed by atoms with Crippen LogP contribution in [0.5, 0.6) is 0 Å². The van der Waals surface area contributed by atoms with Gasteiger partial charge in [0.15, 0.2) is 0 Å². The molecule has 0 spiro atoms. The van der Waals surface area contributed by atoms with E-state index in [1.165, 1.54) is 11.3 Å². The molecule has 2 heterocycles. The summed E-state index contributed by atoms with van der Waals surface area (Å²) >= 11 is 6.16. The number of rotatable bonds is 3. The molecular formula is C19H19ClN4. The van der Waals surface area contributed by atoms with E-state index in [0.717, 1.165) is 35.7 Å². The first kappa shape index (κ1) is 15.1. The lowest BCUT2D eigenvalue weighted by atomic mass is 10.1. The van der Waals surface area contributed by atoms with Crippen LogP contribution in [-0.2, 0) is 6.42 Å². The maximum atomic E-state index is 6.16. The highest BCUT2D eigenvalue weighted by atomic mass is 35.5. The predicted molar refractivity (Wildman–Crippen MR) is 101 cm³/mol. The third kappa shape index (κ3) is 2.53. The highest BCUT2D eigenvalue weighted by Crippen LogP contribution is 2.35. The molecule has 0 saturated carbocycles. The fourth-order valence-corrected chi connectivity index (χ4v) is 3.32. The van der Waals surface area contributed by atoms with E-state index in [1.807, 2.05) is 28.9 Å². The lowest BCUT2D eigenvalue weighted by Crippen LogP contribution is -2.08. The van der Waals surface area contributed by atoms with E-state index < -0.39 is 0 Å². The van der Waals surface area contributed by atoms with Gasteiger partial charge >= 0.3 is 0 Å². The maximum absolute atomic E-state index is 6.16. The third-order valence-corrected chi connectivity index (χ3v) is 4.57. The predicted octanol–water partition coefficient (Wildman–Crippen LogP) is 4.23. The van der Waals surface area contributed by atoms with Crippen molar-refractivity contribution in [1.82, 2.24) is 9.78 Å². The second-order valence-corrected chi connectivity index (χ2v) is 6.63. The van der Waals surface area contributed by atoms with E-state index in [1.54, 1.807) is 0 Å². The molecule has 0 unspecified atom stereocenters. The van der Waals surface area contributed by atoms with Gasteiger partial charge in [0, 0.05) is 42.5 Å². The first-order valence-corrected chi connectivity index (χ1v) is 8.41. The molecule has 0 aliphatic carbocycles. The Hall–Kier alpha value is -2.46. The molecule has 0 saturated heterocycles. The van der Waals surface area contributed by atoms with Gasteiger partial charge in [-0.05, 0) is 36.8 Å². The summed E-state index contributed by atoms with van der Waals surface area (Å²) in [5.74, 6) is 1.07. The molecule has 122 valence electrons. The average Bonchev–Trinajstić information content (AvgIpc) is 3.17. The molecule has 1 aliphatic heterocycles. The minimum absolute atomic E-state index is 0.714. The molecule has 4 rings (SSSR count). The highest BCUT2D eigenvalue weighted by molar-refractivity contribution is 6.30. The number of anilines is 2. The van der Waals surface area contributed by atoms with Crippen molar-refractivity contribution in [1.29, 1.82) is 0 Å². The first-order valence-electron chi connectivity index (χ1n) is 8.03. The van der Waals surface area contributed by atoms with Gasteiger partial charge in [0.05, 0.1) is 11.4 Å². The molecule has 4 nitrogen and oxygen atoms in total. The second kappa shape index (κ2) is 5.87. The summed E-state index contributed by atoms with van der Waals surface area (Å²) in [6, 6.07) is 16.3. The Morgan fingerprint density at radius 1 is 1.12 bits per heavy atom. The molecule has 0 fully saturated rings. The Labute approximate surface area is 146 Å². The Balaban J connectivity index is 1.86. The average molecular weight is 339 g/mol. The van der Waals surface area contributed by atoms with Crippen molar-refractivity contribution >= 4 is 23.1 Å². The van der Waals surface area contributed by atoms with Crippen LogP contribution in [0.25, 0.3) is 16.9 Å². The van der Waals surface area contributed by atoms with Crippen LogP contribution in [0.2, 0.25) is 5.02 Å². The van der Waals surface area contributed by atoms with Crippen molar-refractivity contribution in [3.8, 4) is 16.9 Å². The number of nitrogens with one attached hydrogen (secondary N) is 1. The van der Waals surface area contributed by atoms with Gasteiger partial charge in [-0.15, -0.1) is 0 Å². The third-order valence-electron chi connectivity index (χ3n) is 4.34. The second-order valence-electron chi connectivity index (χ2n) is 6.19. The quantitative estimate of drug-likeness (QED) is 0.776. The number of benzene rings is 2. The van der Waals surface area contributed by atoms with E-state index in [0.29, 0.717) is 5.02 Å². The van der Waals surface area contributed by atoms with E-state index in [4.69, 9.17) is 16.7 Å². The van der Waals surface area contributed by atoms with Crippen molar-refractivity contribution in [3.63, 3.8) is 0 Å². The zero-order valence-electron chi connectivity index (χ0n) is 13.8. The molecule has 1 aromatic heterocycles. The summed E-state index contributed by atoms with van der Waals surface area (Å²) in [5, 5.41) is 9.07. The molecule has 1 aliphatic rings. The Morgan fingerprint density at radius 3 is 2.75 bits per heavy atom. The molecule has 1 N–H and O–H groups in total. The van der Waals surface area contributed by atoms with Crippen molar-refractivity contribution in [3.05, 3.63) is 59.1 Å². The lowest BCUT2D eigenvalue weighted by Gasteiger charge is -2.13. The lowest BCUT2D eigenvalue weighted by molar-refractivity contribution is 0.882. The summed E-state index contributed by atoms with van der Waals surface area (Å²) in [6.07, 6.45) is 0.984.